The Morgan fingerprint density at radius 3 is 2.59 bits per heavy atom. The SMILES string of the molecule is CCC(=O)c1cccc(NC(=O)NC2CC(N(CC(=O)O)CC3CC3)C2)c1. The van der Waals surface area contributed by atoms with E-state index in [0.29, 0.717) is 23.6 Å². The van der Waals surface area contributed by atoms with E-state index in [1.54, 1.807) is 31.2 Å². The number of urea groups is 1. The highest BCUT2D eigenvalue weighted by molar-refractivity contribution is 5.98. The van der Waals surface area contributed by atoms with Gasteiger partial charge in [-0.3, -0.25) is 14.5 Å². The second-order valence-corrected chi connectivity index (χ2v) is 7.54. The summed E-state index contributed by atoms with van der Waals surface area (Å²) in [6.45, 7) is 2.71. The lowest BCUT2D eigenvalue weighted by atomic mass is 9.85. The van der Waals surface area contributed by atoms with Crippen molar-refractivity contribution in [1.29, 1.82) is 0 Å². The molecule has 2 amide bonds. The van der Waals surface area contributed by atoms with E-state index in [2.05, 4.69) is 10.6 Å². The fourth-order valence-electron chi connectivity index (χ4n) is 3.48. The Labute approximate surface area is 159 Å². The standard InChI is InChI=1S/C20H27N3O4/c1-2-18(24)14-4-3-5-15(8-14)21-20(27)22-16-9-17(10-16)23(12-19(25)26)11-13-6-7-13/h3-5,8,13,16-17H,2,6-7,9-12H2,1H3,(H,25,26)(H2,21,22,27). The number of Topliss-reactive ketones (excluding diaryl/α,β-unsaturated/α-hetero) is 1. The Morgan fingerprint density at radius 2 is 1.96 bits per heavy atom. The third-order valence-corrected chi connectivity index (χ3v) is 5.26. The number of amides is 2. The van der Waals surface area contributed by atoms with E-state index in [-0.39, 0.29) is 30.4 Å². The summed E-state index contributed by atoms with van der Waals surface area (Å²) in [4.78, 5) is 37.1. The van der Waals surface area contributed by atoms with Crippen LogP contribution in [-0.4, -0.2) is 53.0 Å². The van der Waals surface area contributed by atoms with Crippen molar-refractivity contribution in [2.24, 2.45) is 5.92 Å². The summed E-state index contributed by atoms with van der Waals surface area (Å²) in [5.74, 6) is -0.126. The van der Waals surface area contributed by atoms with Crippen molar-refractivity contribution in [3.8, 4) is 0 Å². The Bertz CT molecular complexity index is 711. The largest absolute Gasteiger partial charge is 0.480 e. The van der Waals surface area contributed by atoms with E-state index in [1.165, 1.54) is 12.8 Å². The van der Waals surface area contributed by atoms with Crippen molar-refractivity contribution >= 4 is 23.5 Å². The molecule has 0 saturated heterocycles. The highest BCUT2D eigenvalue weighted by Crippen LogP contribution is 2.33. The van der Waals surface area contributed by atoms with Crippen LogP contribution in [0.5, 0.6) is 0 Å². The maximum absolute atomic E-state index is 12.2. The lowest BCUT2D eigenvalue weighted by molar-refractivity contribution is -0.139. The number of rotatable bonds is 9. The fourth-order valence-corrected chi connectivity index (χ4v) is 3.48. The molecule has 0 atom stereocenters. The van der Waals surface area contributed by atoms with Crippen LogP contribution < -0.4 is 10.6 Å². The van der Waals surface area contributed by atoms with Crippen molar-refractivity contribution in [3.63, 3.8) is 0 Å². The number of carboxylic acids is 1. The number of carboxylic acid groups (broad SMARTS) is 1. The third-order valence-electron chi connectivity index (χ3n) is 5.26. The van der Waals surface area contributed by atoms with Crippen molar-refractivity contribution < 1.29 is 19.5 Å². The van der Waals surface area contributed by atoms with Crippen molar-refractivity contribution in [2.45, 2.75) is 51.1 Å². The number of carbonyl (C=O) groups excluding carboxylic acids is 2. The van der Waals surface area contributed by atoms with Crippen LogP contribution in [0.3, 0.4) is 0 Å². The molecular formula is C20H27N3O4. The molecule has 2 aliphatic carbocycles. The van der Waals surface area contributed by atoms with Gasteiger partial charge in [-0.05, 0) is 43.7 Å². The van der Waals surface area contributed by atoms with E-state index < -0.39 is 5.97 Å². The Kier molecular flexibility index (Phi) is 6.11. The first-order valence-electron chi connectivity index (χ1n) is 9.61. The van der Waals surface area contributed by atoms with Gasteiger partial charge in [0.1, 0.15) is 0 Å². The first-order valence-corrected chi connectivity index (χ1v) is 9.61. The van der Waals surface area contributed by atoms with Crippen LogP contribution in [0.4, 0.5) is 10.5 Å². The molecule has 0 radical (unpaired) electrons. The molecule has 3 N–H and O–H groups in total. The molecule has 0 aromatic heterocycles. The third kappa shape index (κ3) is 5.53. The minimum atomic E-state index is -0.800. The van der Waals surface area contributed by atoms with Crippen molar-refractivity contribution in [2.75, 3.05) is 18.4 Å². The molecule has 0 unspecified atom stereocenters. The van der Waals surface area contributed by atoms with Crippen LogP contribution in [0.2, 0.25) is 0 Å². The molecule has 0 bridgehead atoms. The summed E-state index contributed by atoms with van der Waals surface area (Å²) in [6.07, 6.45) is 4.33. The highest BCUT2D eigenvalue weighted by Gasteiger charge is 2.37. The van der Waals surface area contributed by atoms with Gasteiger partial charge in [0.05, 0.1) is 6.54 Å². The summed E-state index contributed by atoms with van der Waals surface area (Å²) < 4.78 is 0. The number of ketones is 1. The zero-order valence-electron chi connectivity index (χ0n) is 15.6. The molecular weight excluding hydrogens is 346 g/mol. The first-order chi connectivity index (χ1) is 12.9. The smallest absolute Gasteiger partial charge is 0.319 e. The number of anilines is 1. The number of nitrogens with one attached hydrogen (secondary N) is 2. The van der Waals surface area contributed by atoms with E-state index in [4.69, 9.17) is 5.11 Å². The van der Waals surface area contributed by atoms with Gasteiger partial charge >= 0.3 is 12.0 Å². The van der Waals surface area contributed by atoms with Gasteiger partial charge in [-0.15, -0.1) is 0 Å². The maximum atomic E-state index is 12.2. The van der Waals surface area contributed by atoms with Gasteiger partial charge in [0.25, 0.3) is 0 Å². The summed E-state index contributed by atoms with van der Waals surface area (Å²) in [6, 6.07) is 6.89. The predicted molar refractivity (Wildman–Crippen MR) is 102 cm³/mol. The molecule has 7 heteroatoms. The van der Waals surface area contributed by atoms with Gasteiger partial charge in [0.2, 0.25) is 0 Å². The lowest BCUT2D eigenvalue weighted by Crippen LogP contribution is -2.55. The number of hydrogen-bond acceptors (Lipinski definition) is 4. The predicted octanol–water partition coefficient (Wildman–Crippen LogP) is 2.73. The zero-order valence-corrected chi connectivity index (χ0v) is 15.6. The van der Waals surface area contributed by atoms with Crippen molar-refractivity contribution in [1.82, 2.24) is 10.2 Å². The van der Waals surface area contributed by atoms with Gasteiger partial charge in [-0.25, -0.2) is 4.79 Å². The molecule has 0 heterocycles. The number of benzene rings is 1. The van der Waals surface area contributed by atoms with E-state index in [0.717, 1.165) is 19.4 Å². The van der Waals surface area contributed by atoms with E-state index in [9.17, 15) is 14.4 Å². The molecule has 0 aliphatic heterocycles. The number of carbonyl (C=O) groups is 3. The van der Waals surface area contributed by atoms with Gasteiger partial charge in [-0.1, -0.05) is 19.1 Å². The minimum absolute atomic E-state index is 0.0371. The normalized spacial score (nSPS) is 21.4. The van der Waals surface area contributed by atoms with E-state index >= 15 is 0 Å². The van der Waals surface area contributed by atoms with Gasteiger partial charge in [-0.2, -0.15) is 0 Å². The Hall–Kier alpha value is -2.41. The number of nitrogens with zero attached hydrogens (tertiary/aromatic N) is 1. The monoisotopic (exact) mass is 373 g/mol. The molecule has 2 aliphatic rings. The molecule has 3 rings (SSSR count). The van der Waals surface area contributed by atoms with Crippen LogP contribution in [-0.2, 0) is 4.79 Å². The van der Waals surface area contributed by atoms with Crippen LogP contribution in [0.1, 0.15) is 49.4 Å². The average molecular weight is 373 g/mol. The van der Waals surface area contributed by atoms with Crippen LogP contribution in [0.15, 0.2) is 24.3 Å². The van der Waals surface area contributed by atoms with Gasteiger partial charge in [0, 0.05) is 36.3 Å². The minimum Gasteiger partial charge on any atom is -0.480 e. The molecule has 7 nitrogen and oxygen atoms in total. The zero-order chi connectivity index (χ0) is 19.4. The van der Waals surface area contributed by atoms with Gasteiger partial charge in [0.15, 0.2) is 5.78 Å². The first kappa shape index (κ1) is 19.4. The second kappa shape index (κ2) is 8.52. The summed E-state index contributed by atoms with van der Waals surface area (Å²) in [7, 11) is 0. The second-order valence-electron chi connectivity index (χ2n) is 7.54. The quantitative estimate of drug-likeness (QED) is 0.578. The molecule has 2 fully saturated rings. The van der Waals surface area contributed by atoms with Gasteiger partial charge < -0.3 is 15.7 Å². The molecule has 1 aromatic rings. The van der Waals surface area contributed by atoms with Crippen LogP contribution in [0.25, 0.3) is 0 Å². The summed E-state index contributed by atoms with van der Waals surface area (Å²) >= 11 is 0. The van der Waals surface area contributed by atoms with E-state index in [1.807, 2.05) is 4.90 Å². The Morgan fingerprint density at radius 1 is 1.22 bits per heavy atom. The fraction of sp³-hybridized carbons (Fsp3) is 0.550. The molecule has 146 valence electrons. The molecule has 2 saturated carbocycles. The average Bonchev–Trinajstić information content (AvgIpc) is 3.40. The highest BCUT2D eigenvalue weighted by atomic mass is 16.4. The molecule has 1 aromatic carbocycles. The van der Waals surface area contributed by atoms with Crippen molar-refractivity contribution in [3.05, 3.63) is 29.8 Å². The lowest BCUT2D eigenvalue weighted by Gasteiger charge is -2.42. The maximum Gasteiger partial charge on any atom is 0.319 e. The topological polar surface area (TPSA) is 98.7 Å². The molecule has 0 spiro atoms. The number of hydrogen-bond donors (Lipinski definition) is 3. The van der Waals surface area contributed by atoms with Crippen LogP contribution in [0, 0.1) is 5.92 Å². The Balaban J connectivity index is 1.45. The number of aliphatic carboxylic acids is 1. The molecule has 27 heavy (non-hydrogen) atoms. The summed E-state index contributed by atoms with van der Waals surface area (Å²) in [5, 5.41) is 14.8. The van der Waals surface area contributed by atoms with Crippen LogP contribution >= 0.6 is 0 Å². The summed E-state index contributed by atoms with van der Waals surface area (Å²) in [5.41, 5.74) is 1.17.